The molecule has 2 aromatic rings. The van der Waals surface area contributed by atoms with Gasteiger partial charge in [0.1, 0.15) is 5.75 Å². The van der Waals surface area contributed by atoms with E-state index in [2.05, 4.69) is 24.1 Å². The molecule has 0 aliphatic rings. The zero-order valence-corrected chi connectivity index (χ0v) is 13.7. The van der Waals surface area contributed by atoms with Gasteiger partial charge in [0.25, 0.3) is 5.91 Å². The third-order valence-corrected chi connectivity index (χ3v) is 4.36. The Morgan fingerprint density at radius 3 is 2.86 bits per heavy atom. The molecule has 5 nitrogen and oxygen atoms in total. The number of carbonyl (C=O) groups is 1. The number of hydrogen-bond acceptors (Lipinski definition) is 5. The Balaban J connectivity index is 1.95. The monoisotopic (exact) mass is 320 g/mol. The molecule has 0 aliphatic heterocycles. The van der Waals surface area contributed by atoms with Crippen LogP contribution >= 0.6 is 11.3 Å². The zero-order valence-electron chi connectivity index (χ0n) is 12.9. The van der Waals surface area contributed by atoms with E-state index in [-0.39, 0.29) is 0 Å². The van der Waals surface area contributed by atoms with Crippen LogP contribution in [0.15, 0.2) is 29.6 Å². The minimum absolute atomic E-state index is 0.309. The summed E-state index contributed by atoms with van der Waals surface area (Å²) in [7, 11) is 1.54. The number of carbonyl (C=O) groups excluding carboxylic acids is 1. The fraction of sp³-hybridized carbons (Fsp3) is 0.375. The normalized spacial score (nSPS) is 12.2. The highest BCUT2D eigenvalue weighted by Crippen LogP contribution is 2.20. The molecule has 0 bridgehead atoms. The molecule has 0 spiro atoms. The molecule has 1 amide bonds. The molecule has 6 heteroatoms. The maximum atomic E-state index is 12.0. The summed E-state index contributed by atoms with van der Waals surface area (Å²) in [5.41, 5.74) is 1.30. The summed E-state index contributed by atoms with van der Waals surface area (Å²) in [6, 6.07) is 6.83. The van der Waals surface area contributed by atoms with E-state index in [0.29, 0.717) is 23.8 Å². The standard InChI is InChI=1S/C16H20N2O3S/c1-10(2)16-18-12(9-22-16)8-17-15(20)14(19)11-5-4-6-13(7-11)21-3/h4-7,9-10,14,19H,8H2,1-3H3,(H,17,20). The highest BCUT2D eigenvalue weighted by molar-refractivity contribution is 7.09. The molecule has 1 heterocycles. The summed E-state index contributed by atoms with van der Waals surface area (Å²) >= 11 is 1.58. The van der Waals surface area contributed by atoms with Crippen LogP contribution in [0.25, 0.3) is 0 Å². The lowest BCUT2D eigenvalue weighted by atomic mass is 10.1. The molecule has 118 valence electrons. The first-order valence-corrected chi connectivity index (χ1v) is 7.93. The van der Waals surface area contributed by atoms with Crippen LogP contribution in [0.2, 0.25) is 0 Å². The molecule has 2 rings (SSSR count). The van der Waals surface area contributed by atoms with Crippen LogP contribution in [0.5, 0.6) is 5.75 Å². The van der Waals surface area contributed by atoms with E-state index >= 15 is 0 Å². The van der Waals surface area contributed by atoms with Gasteiger partial charge in [-0.25, -0.2) is 4.98 Å². The van der Waals surface area contributed by atoms with Gasteiger partial charge in [0.15, 0.2) is 6.10 Å². The first-order valence-electron chi connectivity index (χ1n) is 7.05. The Bertz CT molecular complexity index is 640. The summed E-state index contributed by atoms with van der Waals surface area (Å²) in [5, 5.41) is 15.8. The fourth-order valence-electron chi connectivity index (χ4n) is 1.91. The molecule has 22 heavy (non-hydrogen) atoms. The Morgan fingerprint density at radius 1 is 1.45 bits per heavy atom. The van der Waals surface area contributed by atoms with Gasteiger partial charge in [-0.05, 0) is 17.7 Å². The van der Waals surface area contributed by atoms with Crippen molar-refractivity contribution in [2.75, 3.05) is 7.11 Å². The maximum absolute atomic E-state index is 12.0. The average Bonchev–Trinajstić information content (AvgIpc) is 3.01. The third-order valence-electron chi connectivity index (χ3n) is 3.17. The van der Waals surface area contributed by atoms with E-state index in [1.807, 2.05) is 5.38 Å². The van der Waals surface area contributed by atoms with Gasteiger partial charge in [0.2, 0.25) is 0 Å². The number of methoxy groups -OCH3 is 1. The van der Waals surface area contributed by atoms with Gasteiger partial charge in [-0.1, -0.05) is 26.0 Å². The highest BCUT2D eigenvalue weighted by Gasteiger charge is 2.18. The lowest BCUT2D eigenvalue weighted by molar-refractivity contribution is -0.129. The van der Waals surface area contributed by atoms with Crippen LogP contribution in [0.1, 0.15) is 42.1 Å². The first kappa shape index (κ1) is 16.5. The molecule has 0 saturated carbocycles. The van der Waals surface area contributed by atoms with E-state index < -0.39 is 12.0 Å². The predicted molar refractivity (Wildman–Crippen MR) is 86.0 cm³/mol. The van der Waals surface area contributed by atoms with Crippen molar-refractivity contribution >= 4 is 17.2 Å². The summed E-state index contributed by atoms with van der Waals surface area (Å²) in [6.07, 6.45) is -1.22. The van der Waals surface area contributed by atoms with Gasteiger partial charge >= 0.3 is 0 Å². The number of nitrogens with one attached hydrogen (secondary N) is 1. The number of rotatable bonds is 6. The molecule has 1 aromatic heterocycles. The summed E-state index contributed by atoms with van der Waals surface area (Å²) in [5.74, 6) is 0.523. The van der Waals surface area contributed by atoms with Crippen LogP contribution in [-0.4, -0.2) is 23.1 Å². The van der Waals surface area contributed by atoms with Gasteiger partial charge in [-0.15, -0.1) is 11.3 Å². The lowest BCUT2D eigenvalue weighted by Crippen LogP contribution is -2.29. The topological polar surface area (TPSA) is 71.5 Å². The number of aliphatic hydroxyl groups excluding tert-OH is 1. The second-order valence-electron chi connectivity index (χ2n) is 5.23. The van der Waals surface area contributed by atoms with E-state index in [0.717, 1.165) is 10.7 Å². The molecular weight excluding hydrogens is 300 g/mol. The number of aliphatic hydroxyl groups is 1. The largest absolute Gasteiger partial charge is 0.497 e. The van der Waals surface area contributed by atoms with Gasteiger partial charge < -0.3 is 15.2 Å². The number of hydrogen-bond donors (Lipinski definition) is 2. The second kappa shape index (κ2) is 7.38. The van der Waals surface area contributed by atoms with Gasteiger partial charge in [0.05, 0.1) is 24.4 Å². The van der Waals surface area contributed by atoms with Crippen molar-refractivity contribution in [1.82, 2.24) is 10.3 Å². The third kappa shape index (κ3) is 4.05. The number of thiazole rings is 1. The van der Waals surface area contributed by atoms with E-state index in [1.54, 1.807) is 42.7 Å². The van der Waals surface area contributed by atoms with Gasteiger partial charge in [0, 0.05) is 11.3 Å². The Hall–Kier alpha value is -1.92. The van der Waals surface area contributed by atoms with Crippen molar-refractivity contribution in [3.05, 3.63) is 45.9 Å². The Morgan fingerprint density at radius 2 is 2.23 bits per heavy atom. The summed E-state index contributed by atoms with van der Waals surface area (Å²) in [4.78, 5) is 16.5. The number of aromatic nitrogens is 1. The molecule has 0 saturated heterocycles. The summed E-state index contributed by atoms with van der Waals surface area (Å²) < 4.78 is 5.09. The quantitative estimate of drug-likeness (QED) is 0.858. The molecular formula is C16H20N2O3S. The number of benzene rings is 1. The maximum Gasteiger partial charge on any atom is 0.253 e. The Labute approximate surface area is 134 Å². The van der Waals surface area contributed by atoms with Crippen molar-refractivity contribution in [1.29, 1.82) is 0 Å². The van der Waals surface area contributed by atoms with Gasteiger partial charge in [-0.3, -0.25) is 4.79 Å². The highest BCUT2D eigenvalue weighted by atomic mass is 32.1. The van der Waals surface area contributed by atoms with Crippen LogP contribution in [-0.2, 0) is 11.3 Å². The number of amides is 1. The fourth-order valence-corrected chi connectivity index (χ4v) is 2.74. The molecule has 0 radical (unpaired) electrons. The number of nitrogens with zero attached hydrogens (tertiary/aromatic N) is 1. The van der Waals surface area contributed by atoms with E-state index in [1.165, 1.54) is 0 Å². The molecule has 0 fully saturated rings. The molecule has 1 atom stereocenters. The molecule has 0 aliphatic carbocycles. The van der Waals surface area contributed by atoms with Crippen LogP contribution in [0.3, 0.4) is 0 Å². The zero-order chi connectivity index (χ0) is 16.1. The van der Waals surface area contributed by atoms with Crippen molar-refractivity contribution in [2.45, 2.75) is 32.4 Å². The van der Waals surface area contributed by atoms with Crippen molar-refractivity contribution in [2.24, 2.45) is 0 Å². The van der Waals surface area contributed by atoms with Gasteiger partial charge in [-0.2, -0.15) is 0 Å². The van der Waals surface area contributed by atoms with Crippen LogP contribution < -0.4 is 10.1 Å². The van der Waals surface area contributed by atoms with E-state index in [9.17, 15) is 9.90 Å². The van der Waals surface area contributed by atoms with Crippen LogP contribution in [0, 0.1) is 0 Å². The minimum atomic E-state index is -1.22. The number of ether oxygens (including phenoxy) is 1. The van der Waals surface area contributed by atoms with Crippen molar-refractivity contribution in [3.8, 4) is 5.75 Å². The Kier molecular flexibility index (Phi) is 5.51. The first-order chi connectivity index (χ1) is 10.5. The van der Waals surface area contributed by atoms with Crippen LogP contribution in [0.4, 0.5) is 0 Å². The average molecular weight is 320 g/mol. The van der Waals surface area contributed by atoms with Crippen molar-refractivity contribution in [3.63, 3.8) is 0 Å². The smallest absolute Gasteiger partial charge is 0.253 e. The lowest BCUT2D eigenvalue weighted by Gasteiger charge is -2.12. The van der Waals surface area contributed by atoms with Crippen molar-refractivity contribution < 1.29 is 14.6 Å². The van der Waals surface area contributed by atoms with E-state index in [4.69, 9.17) is 4.74 Å². The molecule has 1 aromatic carbocycles. The predicted octanol–water partition coefficient (Wildman–Crippen LogP) is 2.62. The second-order valence-corrected chi connectivity index (χ2v) is 6.12. The SMILES string of the molecule is COc1cccc(C(O)C(=O)NCc2csc(C(C)C)n2)c1. The molecule has 2 N–H and O–H groups in total. The minimum Gasteiger partial charge on any atom is -0.497 e. The molecule has 1 unspecified atom stereocenters. The summed E-state index contributed by atoms with van der Waals surface area (Å²) in [6.45, 7) is 4.46.